The van der Waals surface area contributed by atoms with E-state index in [2.05, 4.69) is 10.6 Å². The smallest absolute Gasteiger partial charge is 0.323 e. The summed E-state index contributed by atoms with van der Waals surface area (Å²) in [4.78, 5) is 12.2. The summed E-state index contributed by atoms with van der Waals surface area (Å²) in [6, 6.07) is 9.79. The second-order valence-electron chi connectivity index (χ2n) is 4.71. The third-order valence-corrected chi connectivity index (χ3v) is 3.31. The van der Waals surface area contributed by atoms with Gasteiger partial charge in [0.15, 0.2) is 0 Å². The first-order chi connectivity index (χ1) is 11.6. The summed E-state index contributed by atoms with van der Waals surface area (Å²) in [5.41, 5.74) is 1.03. The molecule has 0 bridgehead atoms. The molecular formula is C17H20N2O5. The fourth-order valence-corrected chi connectivity index (χ4v) is 2.08. The quantitative estimate of drug-likeness (QED) is 0.848. The van der Waals surface area contributed by atoms with Crippen LogP contribution in [-0.4, -0.2) is 34.5 Å². The molecule has 2 aromatic carbocycles. The molecule has 2 rings (SSSR count). The molecule has 128 valence electrons. The highest BCUT2D eigenvalue weighted by Gasteiger charge is 2.12. The number of urea groups is 1. The third kappa shape index (κ3) is 4.01. The molecule has 0 saturated carbocycles. The lowest BCUT2D eigenvalue weighted by atomic mass is 10.2. The Bertz CT molecular complexity index is 659. The highest BCUT2D eigenvalue weighted by atomic mass is 16.5. The first-order valence-corrected chi connectivity index (χ1v) is 7.13. The van der Waals surface area contributed by atoms with Crippen LogP contribution >= 0.6 is 0 Å². The van der Waals surface area contributed by atoms with Gasteiger partial charge in [0.05, 0.1) is 39.8 Å². The second-order valence-corrected chi connectivity index (χ2v) is 4.71. The van der Waals surface area contributed by atoms with Crippen LogP contribution < -0.4 is 29.6 Å². The summed E-state index contributed by atoms with van der Waals surface area (Å²) in [7, 11) is 6.16. The van der Waals surface area contributed by atoms with Gasteiger partial charge in [0, 0.05) is 12.1 Å². The molecule has 0 radical (unpaired) electrons. The molecule has 0 aromatic heterocycles. The molecule has 0 spiro atoms. The van der Waals surface area contributed by atoms with E-state index in [4.69, 9.17) is 18.9 Å². The van der Waals surface area contributed by atoms with E-state index >= 15 is 0 Å². The number of hydrogen-bond acceptors (Lipinski definition) is 5. The first kappa shape index (κ1) is 17.3. The van der Waals surface area contributed by atoms with Gasteiger partial charge in [-0.2, -0.15) is 0 Å². The predicted molar refractivity (Wildman–Crippen MR) is 91.7 cm³/mol. The Morgan fingerprint density at radius 1 is 0.708 bits per heavy atom. The van der Waals surface area contributed by atoms with Crippen LogP contribution in [0.4, 0.5) is 16.2 Å². The minimum atomic E-state index is -0.429. The SMILES string of the molecule is COc1ccc(NC(=O)Nc2ccc(OC)cc2OC)c(OC)c1. The van der Waals surface area contributed by atoms with Crippen LogP contribution in [0.2, 0.25) is 0 Å². The number of nitrogens with one attached hydrogen (secondary N) is 2. The Balaban J connectivity index is 2.14. The minimum Gasteiger partial charge on any atom is -0.497 e. The van der Waals surface area contributed by atoms with Crippen molar-refractivity contribution in [1.29, 1.82) is 0 Å². The average molecular weight is 332 g/mol. The van der Waals surface area contributed by atoms with Gasteiger partial charge >= 0.3 is 6.03 Å². The van der Waals surface area contributed by atoms with Gasteiger partial charge in [-0.3, -0.25) is 0 Å². The van der Waals surface area contributed by atoms with Crippen LogP contribution in [0.15, 0.2) is 36.4 Å². The van der Waals surface area contributed by atoms with E-state index in [1.165, 1.54) is 14.2 Å². The molecule has 0 aliphatic carbocycles. The number of carbonyl (C=O) groups excluding carboxylic acids is 1. The summed E-state index contributed by atoms with van der Waals surface area (Å²) < 4.78 is 20.8. The summed E-state index contributed by atoms with van der Waals surface area (Å²) in [6.45, 7) is 0. The van der Waals surface area contributed by atoms with E-state index in [0.29, 0.717) is 34.4 Å². The van der Waals surface area contributed by atoms with E-state index in [-0.39, 0.29) is 0 Å². The lowest BCUT2D eigenvalue weighted by Gasteiger charge is -2.14. The zero-order chi connectivity index (χ0) is 17.5. The Morgan fingerprint density at radius 2 is 1.12 bits per heavy atom. The van der Waals surface area contributed by atoms with Crippen molar-refractivity contribution in [3.63, 3.8) is 0 Å². The fraction of sp³-hybridized carbons (Fsp3) is 0.235. The summed E-state index contributed by atoms with van der Waals surface area (Å²) in [5, 5.41) is 5.45. The number of benzene rings is 2. The van der Waals surface area contributed by atoms with Crippen molar-refractivity contribution in [3.05, 3.63) is 36.4 Å². The summed E-state index contributed by atoms with van der Waals surface area (Å²) in [5.74, 6) is 2.25. The molecule has 24 heavy (non-hydrogen) atoms. The van der Waals surface area contributed by atoms with Gasteiger partial charge in [-0.15, -0.1) is 0 Å². The Hall–Kier alpha value is -3.09. The monoisotopic (exact) mass is 332 g/mol. The van der Waals surface area contributed by atoms with Crippen molar-refractivity contribution in [2.75, 3.05) is 39.1 Å². The topological polar surface area (TPSA) is 78.1 Å². The molecular weight excluding hydrogens is 312 g/mol. The van der Waals surface area contributed by atoms with Crippen molar-refractivity contribution < 1.29 is 23.7 Å². The van der Waals surface area contributed by atoms with Crippen LogP contribution in [-0.2, 0) is 0 Å². The van der Waals surface area contributed by atoms with Gasteiger partial charge in [-0.05, 0) is 24.3 Å². The molecule has 0 heterocycles. The number of rotatable bonds is 6. The molecule has 0 saturated heterocycles. The van der Waals surface area contributed by atoms with Crippen LogP contribution in [0.25, 0.3) is 0 Å². The average Bonchev–Trinajstić information content (AvgIpc) is 2.62. The Kier molecular flexibility index (Phi) is 5.73. The third-order valence-electron chi connectivity index (χ3n) is 3.31. The normalized spacial score (nSPS) is 9.83. The summed E-state index contributed by atoms with van der Waals surface area (Å²) >= 11 is 0. The zero-order valence-corrected chi connectivity index (χ0v) is 14.0. The summed E-state index contributed by atoms with van der Waals surface area (Å²) in [6.07, 6.45) is 0. The lowest BCUT2D eigenvalue weighted by molar-refractivity contribution is 0.262. The van der Waals surface area contributed by atoms with E-state index in [1.54, 1.807) is 50.6 Å². The highest BCUT2D eigenvalue weighted by molar-refractivity contribution is 6.01. The Labute approximate surface area is 140 Å². The second kappa shape index (κ2) is 7.96. The lowest BCUT2D eigenvalue weighted by Crippen LogP contribution is -2.20. The number of anilines is 2. The van der Waals surface area contributed by atoms with E-state index in [0.717, 1.165) is 0 Å². The molecule has 7 nitrogen and oxygen atoms in total. The standard InChI is InChI=1S/C17H20N2O5/c1-21-11-5-7-13(15(9-11)23-3)18-17(20)19-14-8-6-12(22-2)10-16(14)24-4/h5-10H,1-4H3,(H2,18,19,20). The van der Waals surface area contributed by atoms with Crippen LogP contribution in [0, 0.1) is 0 Å². The van der Waals surface area contributed by atoms with Crippen LogP contribution in [0.5, 0.6) is 23.0 Å². The molecule has 0 fully saturated rings. The number of methoxy groups -OCH3 is 4. The number of amides is 2. The largest absolute Gasteiger partial charge is 0.497 e. The molecule has 0 atom stereocenters. The van der Waals surface area contributed by atoms with Crippen molar-refractivity contribution in [2.45, 2.75) is 0 Å². The number of carbonyl (C=O) groups is 1. The van der Waals surface area contributed by atoms with Gasteiger partial charge in [-0.1, -0.05) is 0 Å². The van der Waals surface area contributed by atoms with Gasteiger partial charge in [0.1, 0.15) is 23.0 Å². The Morgan fingerprint density at radius 3 is 1.46 bits per heavy atom. The maximum Gasteiger partial charge on any atom is 0.323 e. The van der Waals surface area contributed by atoms with E-state index in [1.807, 2.05) is 0 Å². The maximum atomic E-state index is 12.2. The molecule has 2 N–H and O–H groups in total. The molecule has 0 unspecified atom stereocenters. The van der Waals surface area contributed by atoms with Gasteiger partial charge in [0.25, 0.3) is 0 Å². The number of hydrogen-bond donors (Lipinski definition) is 2. The molecule has 7 heteroatoms. The van der Waals surface area contributed by atoms with E-state index < -0.39 is 6.03 Å². The first-order valence-electron chi connectivity index (χ1n) is 7.13. The zero-order valence-electron chi connectivity index (χ0n) is 14.0. The molecule has 2 amide bonds. The van der Waals surface area contributed by atoms with Gasteiger partial charge < -0.3 is 29.6 Å². The van der Waals surface area contributed by atoms with Gasteiger partial charge in [0.2, 0.25) is 0 Å². The van der Waals surface area contributed by atoms with Crippen molar-refractivity contribution in [1.82, 2.24) is 0 Å². The predicted octanol–water partition coefficient (Wildman–Crippen LogP) is 3.37. The van der Waals surface area contributed by atoms with E-state index in [9.17, 15) is 4.79 Å². The van der Waals surface area contributed by atoms with Crippen LogP contribution in [0.3, 0.4) is 0 Å². The molecule has 2 aromatic rings. The van der Waals surface area contributed by atoms with Crippen molar-refractivity contribution in [3.8, 4) is 23.0 Å². The maximum absolute atomic E-state index is 12.2. The molecule has 0 aliphatic rings. The number of ether oxygens (including phenoxy) is 4. The molecule has 0 aliphatic heterocycles. The van der Waals surface area contributed by atoms with Gasteiger partial charge in [-0.25, -0.2) is 4.79 Å². The fourth-order valence-electron chi connectivity index (χ4n) is 2.08. The van der Waals surface area contributed by atoms with Crippen molar-refractivity contribution in [2.24, 2.45) is 0 Å². The minimum absolute atomic E-state index is 0.429. The van der Waals surface area contributed by atoms with Crippen molar-refractivity contribution >= 4 is 17.4 Å². The van der Waals surface area contributed by atoms with Crippen LogP contribution in [0.1, 0.15) is 0 Å². The highest BCUT2D eigenvalue weighted by Crippen LogP contribution is 2.31.